The Kier molecular flexibility index (Phi) is 6.57. The van der Waals surface area contributed by atoms with Crippen LogP contribution in [-0.4, -0.2) is 81.4 Å². The number of carbonyl (C=O) groups excluding carboxylic acids is 1. The number of rotatable bonds is 6. The van der Waals surface area contributed by atoms with Gasteiger partial charge in [0.05, 0.1) is 43.4 Å². The number of aliphatic hydroxyl groups excluding tert-OH is 1. The molecule has 4 heterocycles. The Morgan fingerprint density at radius 3 is 2.51 bits per heavy atom. The van der Waals surface area contributed by atoms with Crippen LogP contribution in [0.2, 0.25) is 0 Å². The zero-order chi connectivity index (χ0) is 26.5. The maximum absolute atomic E-state index is 13.7. The van der Waals surface area contributed by atoms with Crippen molar-refractivity contribution in [3.63, 3.8) is 0 Å². The summed E-state index contributed by atoms with van der Waals surface area (Å²) in [5, 5.41) is 18.7. The van der Waals surface area contributed by atoms with Gasteiger partial charge < -0.3 is 24.8 Å². The standard InChI is InChI=1S/C27H38N6O4/c1-7-33-26(35)32-16-19-14-20(36-5)15-22(37-6)21(19)8-9-23(32)27(33)10-12-31(13-11-27)25(34)28-24-17(2)29-30(4)18(24)3/h9,14-15,25,28,34H,7-8,10-13,16H2,1-6H3. The number of anilines is 1. The number of methoxy groups -OCH3 is 2. The summed E-state index contributed by atoms with van der Waals surface area (Å²) in [7, 11) is 5.21. The van der Waals surface area contributed by atoms with Gasteiger partial charge in [0, 0.05) is 44.0 Å². The first-order chi connectivity index (χ1) is 17.7. The van der Waals surface area contributed by atoms with Crippen LogP contribution in [0.1, 0.15) is 42.3 Å². The van der Waals surface area contributed by atoms with Crippen LogP contribution < -0.4 is 14.8 Å². The Morgan fingerprint density at radius 2 is 1.92 bits per heavy atom. The first-order valence-corrected chi connectivity index (χ1v) is 13.0. The molecular formula is C27H38N6O4. The van der Waals surface area contributed by atoms with Crippen molar-refractivity contribution in [3.8, 4) is 11.5 Å². The Bertz CT molecular complexity index is 1230. The molecule has 200 valence electrons. The number of hydrogen-bond donors (Lipinski definition) is 2. The number of carbonyl (C=O) groups is 1. The number of likely N-dealkylation sites (N-methyl/N-ethyl adjacent to an activating group) is 1. The largest absolute Gasteiger partial charge is 0.497 e. The second kappa shape index (κ2) is 9.57. The topological polar surface area (TPSA) is 95.3 Å². The van der Waals surface area contributed by atoms with Crippen LogP contribution in [0.15, 0.2) is 23.9 Å². The van der Waals surface area contributed by atoms with E-state index in [1.54, 1.807) is 14.2 Å². The van der Waals surface area contributed by atoms with Gasteiger partial charge in [-0.05, 0) is 51.7 Å². The summed E-state index contributed by atoms with van der Waals surface area (Å²) in [6, 6.07) is 3.95. The van der Waals surface area contributed by atoms with E-state index in [1.807, 2.05) is 59.3 Å². The van der Waals surface area contributed by atoms with Crippen LogP contribution in [0, 0.1) is 13.8 Å². The van der Waals surface area contributed by atoms with Gasteiger partial charge in [-0.2, -0.15) is 5.10 Å². The highest BCUT2D eigenvalue weighted by atomic mass is 16.5. The Balaban J connectivity index is 1.39. The van der Waals surface area contributed by atoms with E-state index in [1.165, 1.54) is 0 Å². The number of allylic oxidation sites excluding steroid dienone is 1. The third-order valence-corrected chi connectivity index (χ3v) is 8.37. The van der Waals surface area contributed by atoms with Crippen LogP contribution >= 0.6 is 0 Å². The first kappa shape index (κ1) is 25.4. The number of piperidine rings is 1. The van der Waals surface area contributed by atoms with E-state index in [0.29, 0.717) is 32.6 Å². The lowest BCUT2D eigenvalue weighted by molar-refractivity contribution is -0.0139. The summed E-state index contributed by atoms with van der Waals surface area (Å²) >= 11 is 0. The SMILES string of the molecule is CCN1C(=O)N2Cc3cc(OC)cc(OC)c3CC=C2C12CCN(C(O)Nc1c(C)nn(C)c1C)CC2. The number of nitrogens with zero attached hydrogens (tertiary/aromatic N) is 5. The van der Waals surface area contributed by atoms with E-state index in [2.05, 4.69) is 16.5 Å². The first-order valence-electron chi connectivity index (χ1n) is 13.0. The normalized spacial score (nSPS) is 19.9. The number of fused-ring (bicyclic) bond motifs is 3. The molecule has 2 aromatic rings. The van der Waals surface area contributed by atoms with E-state index >= 15 is 0 Å². The van der Waals surface area contributed by atoms with Crippen molar-refractivity contribution in [2.45, 2.75) is 58.5 Å². The average Bonchev–Trinajstić information content (AvgIpc) is 3.15. The quantitative estimate of drug-likeness (QED) is 0.577. The molecule has 2 fully saturated rings. The lowest BCUT2D eigenvalue weighted by Crippen LogP contribution is -2.56. The molecule has 0 radical (unpaired) electrons. The molecule has 3 aliphatic heterocycles. The van der Waals surface area contributed by atoms with Crippen molar-refractivity contribution >= 4 is 11.7 Å². The van der Waals surface area contributed by atoms with E-state index in [0.717, 1.165) is 58.2 Å². The summed E-state index contributed by atoms with van der Waals surface area (Å²) in [5.74, 6) is 1.51. The highest BCUT2D eigenvalue weighted by Crippen LogP contribution is 2.47. The number of amides is 2. The molecule has 0 saturated carbocycles. The lowest BCUT2D eigenvalue weighted by atomic mass is 9.83. The van der Waals surface area contributed by atoms with E-state index in [4.69, 9.17) is 9.47 Å². The smallest absolute Gasteiger partial charge is 0.325 e. The number of aliphatic hydroxyl groups is 1. The van der Waals surface area contributed by atoms with Crippen LogP contribution in [0.5, 0.6) is 11.5 Å². The molecule has 0 aliphatic carbocycles. The van der Waals surface area contributed by atoms with E-state index < -0.39 is 6.35 Å². The zero-order valence-corrected chi connectivity index (χ0v) is 22.7. The van der Waals surface area contributed by atoms with Gasteiger partial charge in [0.1, 0.15) is 11.5 Å². The molecule has 10 heteroatoms. The number of aromatic nitrogens is 2. The molecule has 2 saturated heterocycles. The van der Waals surface area contributed by atoms with Gasteiger partial charge in [-0.15, -0.1) is 0 Å². The van der Waals surface area contributed by atoms with Crippen molar-refractivity contribution < 1.29 is 19.4 Å². The van der Waals surface area contributed by atoms with Crippen LogP contribution in [0.25, 0.3) is 0 Å². The second-order valence-electron chi connectivity index (χ2n) is 10.1. The third kappa shape index (κ3) is 4.02. The summed E-state index contributed by atoms with van der Waals surface area (Å²) in [6.07, 6.45) is 3.56. The Hall–Kier alpha value is -3.24. The monoisotopic (exact) mass is 510 g/mol. The predicted molar refractivity (Wildman–Crippen MR) is 141 cm³/mol. The van der Waals surface area contributed by atoms with Gasteiger partial charge in [-0.1, -0.05) is 6.08 Å². The summed E-state index contributed by atoms with van der Waals surface area (Å²) in [5.41, 5.74) is 5.52. The van der Waals surface area contributed by atoms with Gasteiger partial charge in [0.15, 0.2) is 6.35 Å². The molecule has 1 aromatic carbocycles. The molecule has 3 aliphatic rings. The number of aryl methyl sites for hydroxylation is 2. The molecule has 1 aromatic heterocycles. The number of hydrogen-bond acceptors (Lipinski definition) is 7. The van der Waals surface area contributed by atoms with Gasteiger partial charge in [0.25, 0.3) is 0 Å². The maximum Gasteiger partial charge on any atom is 0.325 e. The number of nitrogens with one attached hydrogen (secondary N) is 1. The number of ether oxygens (including phenoxy) is 2. The fourth-order valence-corrected chi connectivity index (χ4v) is 6.30. The molecule has 1 spiro atoms. The van der Waals surface area contributed by atoms with Gasteiger partial charge >= 0.3 is 6.03 Å². The number of urea groups is 1. The van der Waals surface area contributed by atoms with Crippen LogP contribution in [-0.2, 0) is 20.0 Å². The highest BCUT2D eigenvalue weighted by molar-refractivity contribution is 5.83. The maximum atomic E-state index is 13.7. The van der Waals surface area contributed by atoms with Crippen LogP contribution in [0.3, 0.4) is 0 Å². The van der Waals surface area contributed by atoms with Gasteiger partial charge in [-0.3, -0.25) is 14.5 Å². The van der Waals surface area contributed by atoms with E-state index in [-0.39, 0.29) is 11.6 Å². The van der Waals surface area contributed by atoms with Crippen molar-refractivity contribution in [1.29, 1.82) is 0 Å². The molecule has 10 nitrogen and oxygen atoms in total. The summed E-state index contributed by atoms with van der Waals surface area (Å²) < 4.78 is 13.0. The lowest BCUT2D eigenvalue weighted by Gasteiger charge is -2.45. The molecule has 1 unspecified atom stereocenters. The minimum atomic E-state index is -0.827. The molecule has 2 N–H and O–H groups in total. The molecule has 0 bridgehead atoms. The van der Waals surface area contributed by atoms with Gasteiger partial charge in [0.2, 0.25) is 0 Å². The van der Waals surface area contributed by atoms with Gasteiger partial charge in [-0.25, -0.2) is 4.79 Å². The number of benzene rings is 1. The average molecular weight is 511 g/mol. The molecule has 1 atom stereocenters. The minimum absolute atomic E-state index is 0.0390. The molecule has 5 rings (SSSR count). The van der Waals surface area contributed by atoms with Crippen molar-refractivity contribution in [3.05, 3.63) is 46.4 Å². The highest BCUT2D eigenvalue weighted by Gasteiger charge is 2.54. The Morgan fingerprint density at radius 1 is 1.19 bits per heavy atom. The summed E-state index contributed by atoms with van der Waals surface area (Å²) in [6.45, 7) is 8.40. The molecule has 37 heavy (non-hydrogen) atoms. The van der Waals surface area contributed by atoms with Crippen molar-refractivity contribution in [2.24, 2.45) is 7.05 Å². The van der Waals surface area contributed by atoms with Crippen LogP contribution in [0.4, 0.5) is 10.5 Å². The van der Waals surface area contributed by atoms with Crippen molar-refractivity contribution in [2.75, 3.05) is 39.2 Å². The second-order valence-corrected chi connectivity index (χ2v) is 10.1. The third-order valence-electron chi connectivity index (χ3n) is 8.37. The predicted octanol–water partition coefficient (Wildman–Crippen LogP) is 2.97. The van der Waals surface area contributed by atoms with E-state index in [9.17, 15) is 9.90 Å². The number of likely N-dealkylation sites (tertiary alicyclic amines) is 1. The molecular weight excluding hydrogens is 472 g/mol. The fraction of sp³-hybridized carbons (Fsp3) is 0.556. The zero-order valence-electron chi connectivity index (χ0n) is 22.7. The Labute approximate surface area is 218 Å². The van der Waals surface area contributed by atoms with Crippen molar-refractivity contribution in [1.82, 2.24) is 24.5 Å². The fourth-order valence-electron chi connectivity index (χ4n) is 6.30. The minimum Gasteiger partial charge on any atom is -0.497 e. The summed E-state index contributed by atoms with van der Waals surface area (Å²) in [4.78, 5) is 19.7. The molecule has 2 amide bonds.